The molecule has 0 saturated heterocycles. The molecule has 0 aromatic carbocycles. The number of hydrogen-bond acceptors (Lipinski definition) is 3. The van der Waals surface area contributed by atoms with Crippen LogP contribution >= 0.6 is 11.6 Å². The number of carbonyl (C=O) groups is 1. The maximum atomic E-state index is 10.5. The summed E-state index contributed by atoms with van der Waals surface area (Å²) in [5.41, 5.74) is 0. The van der Waals surface area contributed by atoms with Crippen molar-refractivity contribution in [3.05, 3.63) is 24.3 Å². The molecule has 2 aliphatic carbocycles. The predicted octanol–water partition coefficient (Wildman–Crippen LogP) is 4.29. The molecule has 4 nitrogen and oxygen atoms in total. The van der Waals surface area contributed by atoms with Gasteiger partial charge in [-0.2, -0.15) is 0 Å². The molecule has 0 aromatic rings. The summed E-state index contributed by atoms with van der Waals surface area (Å²) < 4.78 is 0. The lowest BCUT2D eigenvalue weighted by molar-refractivity contribution is -0.137. The van der Waals surface area contributed by atoms with Crippen LogP contribution in [0.4, 0.5) is 0 Å². The first-order chi connectivity index (χ1) is 12.5. The molecule has 2 saturated carbocycles. The van der Waals surface area contributed by atoms with E-state index >= 15 is 0 Å². The standard InChI is InChI=1S/C21H33ClO4/c22-18-14-20(24)17(12-13-19(23)15-8-4-3-5-9-15)16(18)10-6-1-2-7-11-21(25)26/h1,6,12-13,15-20,23-24H,2-5,7-11,14H2,(H,25,26)/b6-1-,13-12+/t16-,17-,18+,19-,20+/m1/s1. The molecule has 5 atom stereocenters. The lowest BCUT2D eigenvalue weighted by Gasteiger charge is -2.25. The second-order valence-electron chi connectivity index (χ2n) is 7.83. The summed E-state index contributed by atoms with van der Waals surface area (Å²) in [6.07, 6.45) is 15.8. The van der Waals surface area contributed by atoms with E-state index in [1.807, 2.05) is 18.2 Å². The fourth-order valence-electron chi connectivity index (χ4n) is 4.28. The van der Waals surface area contributed by atoms with E-state index in [0.717, 1.165) is 25.7 Å². The van der Waals surface area contributed by atoms with Gasteiger partial charge in [-0.1, -0.05) is 43.6 Å². The first-order valence-electron chi connectivity index (χ1n) is 10.0. The van der Waals surface area contributed by atoms with Gasteiger partial charge in [0.1, 0.15) is 0 Å². The number of carboxylic acid groups (broad SMARTS) is 1. The van der Waals surface area contributed by atoms with Gasteiger partial charge in [0, 0.05) is 17.7 Å². The molecule has 5 heteroatoms. The second kappa shape index (κ2) is 11.1. The molecule has 0 amide bonds. The van der Waals surface area contributed by atoms with Crippen molar-refractivity contribution >= 4 is 17.6 Å². The Balaban J connectivity index is 1.84. The molecule has 0 spiro atoms. The third-order valence-electron chi connectivity index (χ3n) is 5.87. The Morgan fingerprint density at radius 1 is 1.19 bits per heavy atom. The molecular weight excluding hydrogens is 352 g/mol. The minimum Gasteiger partial charge on any atom is -0.481 e. The lowest BCUT2D eigenvalue weighted by Crippen LogP contribution is -2.23. The Labute approximate surface area is 161 Å². The number of rotatable bonds is 9. The van der Waals surface area contributed by atoms with Crippen LogP contribution in [0.15, 0.2) is 24.3 Å². The lowest BCUT2D eigenvalue weighted by atomic mass is 9.84. The van der Waals surface area contributed by atoms with Gasteiger partial charge in [-0.15, -0.1) is 11.6 Å². The topological polar surface area (TPSA) is 77.8 Å². The van der Waals surface area contributed by atoms with Crippen molar-refractivity contribution in [3.63, 3.8) is 0 Å². The summed E-state index contributed by atoms with van der Waals surface area (Å²) in [5, 5.41) is 29.3. The summed E-state index contributed by atoms with van der Waals surface area (Å²) in [6.45, 7) is 0. The van der Waals surface area contributed by atoms with Crippen LogP contribution < -0.4 is 0 Å². The number of aliphatic hydroxyl groups is 2. The average Bonchev–Trinajstić information content (AvgIpc) is 2.89. The molecule has 0 bridgehead atoms. The second-order valence-corrected chi connectivity index (χ2v) is 8.39. The molecule has 148 valence electrons. The first kappa shape index (κ1) is 21.5. The maximum absolute atomic E-state index is 10.5. The molecular formula is C21H33ClO4. The number of aliphatic hydroxyl groups excluding tert-OH is 2. The Morgan fingerprint density at radius 2 is 1.92 bits per heavy atom. The normalized spacial score (nSPS) is 31.8. The van der Waals surface area contributed by atoms with Gasteiger partial charge in [0.05, 0.1) is 12.2 Å². The highest BCUT2D eigenvalue weighted by Gasteiger charge is 2.39. The van der Waals surface area contributed by atoms with Gasteiger partial charge >= 0.3 is 5.97 Å². The van der Waals surface area contributed by atoms with Crippen LogP contribution in [0.5, 0.6) is 0 Å². The van der Waals surface area contributed by atoms with Crippen LogP contribution in [0.25, 0.3) is 0 Å². The number of carboxylic acids is 1. The van der Waals surface area contributed by atoms with E-state index in [0.29, 0.717) is 18.8 Å². The van der Waals surface area contributed by atoms with E-state index in [1.54, 1.807) is 0 Å². The van der Waals surface area contributed by atoms with Crippen LogP contribution in [0.3, 0.4) is 0 Å². The summed E-state index contributed by atoms with van der Waals surface area (Å²) in [4.78, 5) is 10.5. The highest BCUT2D eigenvalue weighted by molar-refractivity contribution is 6.21. The van der Waals surface area contributed by atoms with Gasteiger partial charge in [0.2, 0.25) is 0 Å². The highest BCUT2D eigenvalue weighted by Crippen LogP contribution is 2.39. The Morgan fingerprint density at radius 3 is 2.62 bits per heavy atom. The zero-order chi connectivity index (χ0) is 18.9. The smallest absolute Gasteiger partial charge is 0.303 e. The van der Waals surface area contributed by atoms with Crippen LogP contribution in [-0.4, -0.2) is 38.9 Å². The van der Waals surface area contributed by atoms with Gasteiger partial charge < -0.3 is 15.3 Å². The zero-order valence-corrected chi connectivity index (χ0v) is 16.2. The number of allylic oxidation sites excluding steroid dienone is 2. The number of unbranched alkanes of at least 4 members (excludes halogenated alkanes) is 1. The molecule has 2 aliphatic rings. The monoisotopic (exact) mass is 384 g/mol. The third-order valence-corrected chi connectivity index (χ3v) is 6.37. The predicted molar refractivity (Wildman–Crippen MR) is 104 cm³/mol. The Kier molecular flexibility index (Phi) is 9.17. The minimum atomic E-state index is -0.764. The zero-order valence-electron chi connectivity index (χ0n) is 15.5. The van der Waals surface area contributed by atoms with Crippen LogP contribution in [0, 0.1) is 17.8 Å². The average molecular weight is 385 g/mol. The van der Waals surface area contributed by atoms with Gasteiger partial charge in [-0.3, -0.25) is 4.79 Å². The summed E-state index contributed by atoms with van der Waals surface area (Å²) >= 11 is 6.45. The summed E-state index contributed by atoms with van der Waals surface area (Å²) in [7, 11) is 0. The molecule has 0 aliphatic heterocycles. The minimum absolute atomic E-state index is 0.0283. The van der Waals surface area contributed by atoms with Crippen LogP contribution in [0.1, 0.15) is 64.2 Å². The summed E-state index contributed by atoms with van der Waals surface area (Å²) in [6, 6.07) is 0. The number of halogens is 1. The summed E-state index contributed by atoms with van der Waals surface area (Å²) in [5.74, 6) is -0.297. The molecule has 2 fully saturated rings. The van der Waals surface area contributed by atoms with Crippen molar-refractivity contribution in [2.24, 2.45) is 17.8 Å². The quantitative estimate of drug-likeness (QED) is 0.315. The fourth-order valence-corrected chi connectivity index (χ4v) is 4.74. The molecule has 3 N–H and O–H groups in total. The van der Waals surface area contributed by atoms with E-state index in [1.165, 1.54) is 19.3 Å². The van der Waals surface area contributed by atoms with Gasteiger partial charge in [-0.05, 0) is 50.4 Å². The van der Waals surface area contributed by atoms with Crippen molar-refractivity contribution in [1.29, 1.82) is 0 Å². The largest absolute Gasteiger partial charge is 0.481 e. The molecule has 0 radical (unpaired) electrons. The molecule has 0 unspecified atom stereocenters. The third kappa shape index (κ3) is 6.71. The SMILES string of the molecule is O=C(O)CCC/C=C\C[C@@H]1[C@@H](/C=C/[C@@H](O)C2CCCCC2)[C@@H](O)C[C@@H]1Cl. The Hall–Kier alpha value is -0.840. The van der Waals surface area contributed by atoms with Crippen LogP contribution in [0.2, 0.25) is 0 Å². The van der Waals surface area contributed by atoms with Crippen molar-refractivity contribution in [2.45, 2.75) is 81.8 Å². The van der Waals surface area contributed by atoms with Crippen molar-refractivity contribution in [2.75, 3.05) is 0 Å². The van der Waals surface area contributed by atoms with E-state index < -0.39 is 18.2 Å². The van der Waals surface area contributed by atoms with Crippen LogP contribution in [-0.2, 0) is 4.79 Å². The highest BCUT2D eigenvalue weighted by atomic mass is 35.5. The van der Waals surface area contributed by atoms with Crippen molar-refractivity contribution < 1.29 is 20.1 Å². The van der Waals surface area contributed by atoms with Gasteiger partial charge in [0.15, 0.2) is 0 Å². The van der Waals surface area contributed by atoms with Gasteiger partial charge in [-0.25, -0.2) is 0 Å². The Bertz CT molecular complexity index is 484. The van der Waals surface area contributed by atoms with E-state index in [2.05, 4.69) is 6.08 Å². The molecule has 26 heavy (non-hydrogen) atoms. The van der Waals surface area contributed by atoms with E-state index in [4.69, 9.17) is 16.7 Å². The fraction of sp³-hybridized carbons (Fsp3) is 0.762. The first-order valence-corrected chi connectivity index (χ1v) is 10.5. The van der Waals surface area contributed by atoms with E-state index in [9.17, 15) is 15.0 Å². The number of alkyl halides is 1. The maximum Gasteiger partial charge on any atom is 0.303 e. The molecule has 0 heterocycles. The number of aliphatic carboxylic acids is 1. The number of hydrogen-bond donors (Lipinski definition) is 3. The van der Waals surface area contributed by atoms with Gasteiger partial charge in [0.25, 0.3) is 0 Å². The molecule has 2 rings (SSSR count). The van der Waals surface area contributed by atoms with Crippen molar-refractivity contribution in [1.82, 2.24) is 0 Å². The van der Waals surface area contributed by atoms with E-state index in [-0.39, 0.29) is 23.6 Å². The van der Waals surface area contributed by atoms with Crippen molar-refractivity contribution in [3.8, 4) is 0 Å². The molecule has 0 aromatic heterocycles.